The zero-order valence-electron chi connectivity index (χ0n) is 20.3. The first-order valence-corrected chi connectivity index (χ1v) is 11.3. The van der Waals surface area contributed by atoms with E-state index in [1.807, 2.05) is 37.5 Å². The normalized spacial score (nSPS) is 12.8. The summed E-state index contributed by atoms with van der Waals surface area (Å²) in [7, 11) is 0. The highest BCUT2D eigenvalue weighted by Crippen LogP contribution is 2.26. The maximum atomic E-state index is 7.93. The molecule has 0 spiro atoms. The molecule has 7 nitrogen and oxygen atoms in total. The highest BCUT2D eigenvalue weighted by Gasteiger charge is 2.24. The lowest BCUT2D eigenvalue weighted by molar-refractivity contribution is -0.0221. The second kappa shape index (κ2) is 11.5. The zero-order valence-corrected chi connectivity index (χ0v) is 20.3. The Kier molecular flexibility index (Phi) is 8.51. The van der Waals surface area contributed by atoms with Crippen LogP contribution in [0.5, 0.6) is 0 Å². The van der Waals surface area contributed by atoms with E-state index in [0.717, 1.165) is 52.2 Å². The predicted octanol–water partition coefficient (Wildman–Crippen LogP) is 5.66. The molecular formula is C27H34N6O. The van der Waals surface area contributed by atoms with Crippen LogP contribution in [0, 0.1) is 17.7 Å². The minimum absolute atomic E-state index is 0.0199. The summed E-state index contributed by atoms with van der Waals surface area (Å²) in [5.41, 5.74) is 6.65. The third-order valence-electron chi connectivity index (χ3n) is 5.73. The Morgan fingerprint density at radius 2 is 1.85 bits per heavy atom. The molecule has 7 heteroatoms. The molecule has 0 radical (unpaired) electrons. The van der Waals surface area contributed by atoms with Gasteiger partial charge in [0, 0.05) is 71.8 Å². The summed E-state index contributed by atoms with van der Waals surface area (Å²) in [5, 5.41) is 14.7. The van der Waals surface area contributed by atoms with Crippen molar-refractivity contribution in [3.05, 3.63) is 78.5 Å². The minimum atomic E-state index is -0.0300. The third-order valence-corrected chi connectivity index (χ3v) is 5.73. The zero-order chi connectivity index (χ0) is 24.6. The van der Waals surface area contributed by atoms with Gasteiger partial charge < -0.3 is 20.9 Å². The average molecular weight is 459 g/mol. The van der Waals surface area contributed by atoms with Crippen molar-refractivity contribution in [2.45, 2.75) is 40.2 Å². The van der Waals surface area contributed by atoms with Crippen molar-refractivity contribution in [2.75, 3.05) is 17.2 Å². The van der Waals surface area contributed by atoms with E-state index < -0.39 is 0 Å². The van der Waals surface area contributed by atoms with E-state index in [4.69, 9.17) is 16.1 Å². The van der Waals surface area contributed by atoms with Gasteiger partial charge in [-0.3, -0.25) is 9.97 Å². The van der Waals surface area contributed by atoms with Gasteiger partial charge in [0.1, 0.15) is 0 Å². The first kappa shape index (κ1) is 25.1. The number of aromatic nitrogens is 2. The number of anilines is 2. The Bertz CT molecular complexity index is 1120. The highest BCUT2D eigenvalue weighted by atomic mass is 16.6. The van der Waals surface area contributed by atoms with Crippen LogP contribution in [0.15, 0.2) is 67.4 Å². The van der Waals surface area contributed by atoms with Crippen molar-refractivity contribution < 1.29 is 4.84 Å². The van der Waals surface area contributed by atoms with Crippen LogP contribution in [0.3, 0.4) is 0 Å². The van der Waals surface area contributed by atoms with Crippen LogP contribution in [0.4, 0.5) is 11.4 Å². The lowest BCUT2D eigenvalue weighted by Gasteiger charge is -2.28. The summed E-state index contributed by atoms with van der Waals surface area (Å²) in [6.07, 6.45) is 11.0. The molecule has 3 rings (SSSR count). The van der Waals surface area contributed by atoms with Crippen LogP contribution in [0.25, 0.3) is 16.7 Å². The third kappa shape index (κ3) is 6.73. The molecule has 0 aliphatic heterocycles. The molecule has 1 aromatic carbocycles. The van der Waals surface area contributed by atoms with Crippen LogP contribution in [0.1, 0.15) is 38.3 Å². The molecule has 0 aliphatic rings. The van der Waals surface area contributed by atoms with Gasteiger partial charge in [0.15, 0.2) is 0 Å². The Labute approximate surface area is 202 Å². The van der Waals surface area contributed by atoms with Crippen LogP contribution in [0.2, 0.25) is 0 Å². The summed E-state index contributed by atoms with van der Waals surface area (Å²) >= 11 is 0. The number of benzene rings is 1. The quantitative estimate of drug-likeness (QED) is 0.230. The Morgan fingerprint density at radius 3 is 2.53 bits per heavy atom. The maximum absolute atomic E-state index is 7.93. The number of aryl methyl sites for hydroxylation is 1. The molecule has 34 heavy (non-hydrogen) atoms. The SMILES string of the molecule is Cc1ccc(NCCC(ON)C(C)(C)C)cc1N/C=C(\C=N)c1cncc(-c2ccncc2)c1. The molecule has 5 N–H and O–H groups in total. The molecule has 2 aromatic heterocycles. The van der Waals surface area contributed by atoms with Gasteiger partial charge in [-0.1, -0.05) is 26.8 Å². The smallest absolute Gasteiger partial charge is 0.0852 e. The Balaban J connectivity index is 1.72. The second-order valence-electron chi connectivity index (χ2n) is 9.32. The van der Waals surface area contributed by atoms with E-state index in [2.05, 4.69) is 59.6 Å². The number of pyridine rings is 2. The van der Waals surface area contributed by atoms with Gasteiger partial charge in [0.05, 0.1) is 6.10 Å². The van der Waals surface area contributed by atoms with Crippen LogP contribution in [-0.4, -0.2) is 28.8 Å². The monoisotopic (exact) mass is 458 g/mol. The van der Waals surface area contributed by atoms with E-state index in [1.165, 1.54) is 6.21 Å². The molecule has 0 saturated heterocycles. The minimum Gasteiger partial charge on any atom is -0.385 e. The van der Waals surface area contributed by atoms with Gasteiger partial charge in [-0.25, -0.2) is 5.90 Å². The van der Waals surface area contributed by atoms with Crippen molar-refractivity contribution in [3.8, 4) is 11.1 Å². The van der Waals surface area contributed by atoms with Gasteiger partial charge in [-0.15, -0.1) is 0 Å². The number of hydrogen-bond acceptors (Lipinski definition) is 7. The molecular weight excluding hydrogens is 424 g/mol. The van der Waals surface area contributed by atoms with Crippen molar-refractivity contribution in [2.24, 2.45) is 11.3 Å². The fraction of sp³-hybridized carbons (Fsp3) is 0.296. The summed E-state index contributed by atoms with van der Waals surface area (Å²) in [4.78, 5) is 13.6. The van der Waals surface area contributed by atoms with Crippen LogP contribution >= 0.6 is 0 Å². The standard InChI is InChI=1S/C27H34N6O/c1-19-5-6-24(32-12-9-26(34-29)27(2,3)4)14-25(19)33-18-23(15-28)22-13-21(16-31-17-22)20-7-10-30-11-8-20/h5-8,10-11,13-18,26,28,32-33H,9,12,29H2,1-4H3/b23-18+,28-15?. The maximum Gasteiger partial charge on any atom is 0.0852 e. The molecule has 178 valence electrons. The van der Waals surface area contributed by atoms with Gasteiger partial charge in [0.2, 0.25) is 0 Å². The van der Waals surface area contributed by atoms with Crippen LogP contribution in [-0.2, 0) is 4.84 Å². The van der Waals surface area contributed by atoms with E-state index in [9.17, 15) is 0 Å². The molecule has 1 atom stereocenters. The largest absolute Gasteiger partial charge is 0.385 e. The summed E-state index contributed by atoms with van der Waals surface area (Å²) in [6.45, 7) is 9.15. The van der Waals surface area contributed by atoms with Crippen molar-refractivity contribution in [1.82, 2.24) is 9.97 Å². The van der Waals surface area contributed by atoms with E-state index >= 15 is 0 Å². The summed E-state index contributed by atoms with van der Waals surface area (Å²) in [5.74, 6) is 5.48. The molecule has 0 aliphatic carbocycles. The summed E-state index contributed by atoms with van der Waals surface area (Å²) < 4.78 is 0. The average Bonchev–Trinajstić information content (AvgIpc) is 2.84. The number of nitrogens with one attached hydrogen (secondary N) is 3. The number of nitrogens with zero attached hydrogens (tertiary/aromatic N) is 2. The summed E-state index contributed by atoms with van der Waals surface area (Å²) in [6, 6.07) is 12.1. The highest BCUT2D eigenvalue weighted by molar-refractivity contribution is 6.09. The van der Waals surface area contributed by atoms with E-state index in [0.29, 0.717) is 0 Å². The topological polar surface area (TPSA) is 109 Å². The predicted molar refractivity (Wildman–Crippen MR) is 141 cm³/mol. The van der Waals surface area contributed by atoms with E-state index in [-0.39, 0.29) is 11.5 Å². The molecule has 0 bridgehead atoms. The van der Waals surface area contributed by atoms with Crippen molar-refractivity contribution in [1.29, 1.82) is 5.41 Å². The number of allylic oxidation sites excluding steroid dienone is 1. The molecule has 0 amide bonds. The van der Waals surface area contributed by atoms with Gasteiger partial charge in [-0.05, 0) is 60.2 Å². The van der Waals surface area contributed by atoms with Gasteiger partial charge in [-0.2, -0.15) is 0 Å². The first-order valence-electron chi connectivity index (χ1n) is 11.3. The molecule has 2 heterocycles. The second-order valence-corrected chi connectivity index (χ2v) is 9.32. The fourth-order valence-corrected chi connectivity index (χ4v) is 3.60. The lowest BCUT2D eigenvalue weighted by Crippen LogP contribution is -2.33. The Morgan fingerprint density at radius 1 is 1.09 bits per heavy atom. The molecule has 3 aromatic rings. The fourth-order valence-electron chi connectivity index (χ4n) is 3.60. The molecule has 0 fully saturated rings. The lowest BCUT2D eigenvalue weighted by atomic mass is 9.87. The molecule has 1 unspecified atom stereocenters. The van der Waals surface area contributed by atoms with Crippen molar-refractivity contribution in [3.63, 3.8) is 0 Å². The number of hydrogen-bond donors (Lipinski definition) is 4. The molecule has 0 saturated carbocycles. The Hall–Kier alpha value is -3.55. The van der Waals surface area contributed by atoms with Gasteiger partial charge in [0.25, 0.3) is 0 Å². The number of rotatable bonds is 10. The first-order chi connectivity index (χ1) is 16.3. The van der Waals surface area contributed by atoms with Gasteiger partial charge >= 0.3 is 0 Å². The van der Waals surface area contributed by atoms with Crippen LogP contribution < -0.4 is 16.5 Å². The van der Waals surface area contributed by atoms with Crippen molar-refractivity contribution >= 4 is 23.2 Å². The number of nitrogens with two attached hydrogens (primary N) is 1. The van der Waals surface area contributed by atoms with E-state index in [1.54, 1.807) is 18.6 Å².